The fraction of sp³-hybridized carbons (Fsp3) is 0.333. The van der Waals surface area contributed by atoms with E-state index in [9.17, 15) is 4.79 Å². The molecule has 0 radical (unpaired) electrons. The SMILES string of the molecule is CCOC(=O)CN1CCN(C2CC(c3nc(-c4ccc5ccc(-c6ccccc6)nc5c4)c4c(N)nccn34)C2)CC1. The number of nitrogen functional groups attached to an aromatic ring is 1. The molecule has 4 heterocycles. The van der Waals surface area contributed by atoms with Crippen molar-refractivity contribution in [3.63, 3.8) is 0 Å². The Morgan fingerprint density at radius 2 is 1.76 bits per heavy atom. The molecule has 1 saturated carbocycles. The first-order valence-electron chi connectivity index (χ1n) is 14.8. The molecule has 1 aliphatic heterocycles. The van der Waals surface area contributed by atoms with Gasteiger partial charge in [0, 0.05) is 67.0 Å². The summed E-state index contributed by atoms with van der Waals surface area (Å²) >= 11 is 0. The standard InChI is InChI=1S/C33H35N7O2/c1-2-42-29(41)21-38-14-16-39(17-15-38)26-18-25(19-26)33-37-30(31-32(34)35-12-13-40(31)33)24-9-8-23-10-11-27(36-28(23)20-24)22-6-4-3-5-7-22/h3-13,20,25-26H,2,14-19,21H2,1H3,(H2,34,35). The first kappa shape index (κ1) is 26.6. The lowest BCUT2D eigenvalue weighted by Gasteiger charge is -2.46. The van der Waals surface area contributed by atoms with Crippen molar-refractivity contribution in [3.05, 3.63) is 78.9 Å². The Bertz CT molecular complexity index is 1740. The number of carbonyl (C=O) groups excluding carboxylic acids is 1. The van der Waals surface area contributed by atoms with Gasteiger partial charge in [0.05, 0.1) is 24.4 Å². The quantitative estimate of drug-likeness (QED) is 0.287. The third-order valence-electron chi connectivity index (χ3n) is 8.71. The van der Waals surface area contributed by atoms with Gasteiger partial charge in [-0.2, -0.15) is 0 Å². The van der Waals surface area contributed by atoms with Crippen LogP contribution in [-0.2, 0) is 9.53 Å². The number of imidazole rings is 1. The maximum atomic E-state index is 11.9. The molecule has 0 atom stereocenters. The van der Waals surface area contributed by atoms with Crippen molar-refractivity contribution in [3.8, 4) is 22.5 Å². The van der Waals surface area contributed by atoms with Gasteiger partial charge in [0.1, 0.15) is 22.9 Å². The predicted octanol–water partition coefficient (Wildman–Crippen LogP) is 4.62. The van der Waals surface area contributed by atoms with Gasteiger partial charge in [-0.1, -0.05) is 48.5 Å². The summed E-state index contributed by atoms with van der Waals surface area (Å²) in [5, 5.41) is 1.08. The minimum Gasteiger partial charge on any atom is -0.465 e. The Morgan fingerprint density at radius 1 is 0.976 bits per heavy atom. The highest BCUT2D eigenvalue weighted by atomic mass is 16.5. The van der Waals surface area contributed by atoms with Gasteiger partial charge < -0.3 is 10.5 Å². The van der Waals surface area contributed by atoms with Crippen molar-refractivity contribution in [1.82, 2.24) is 29.2 Å². The third-order valence-corrected chi connectivity index (χ3v) is 8.71. The second kappa shape index (κ2) is 11.2. The van der Waals surface area contributed by atoms with E-state index in [4.69, 9.17) is 20.4 Å². The zero-order valence-corrected chi connectivity index (χ0v) is 23.8. The first-order chi connectivity index (χ1) is 20.6. The molecular weight excluding hydrogens is 526 g/mol. The fourth-order valence-corrected chi connectivity index (χ4v) is 6.38. The van der Waals surface area contributed by atoms with Crippen LogP contribution in [0.1, 0.15) is 31.5 Å². The van der Waals surface area contributed by atoms with E-state index in [-0.39, 0.29) is 5.97 Å². The number of anilines is 1. The van der Waals surface area contributed by atoms with Crippen LogP contribution in [0.4, 0.5) is 5.82 Å². The molecule has 42 heavy (non-hydrogen) atoms. The van der Waals surface area contributed by atoms with Gasteiger partial charge in [0.2, 0.25) is 0 Å². The summed E-state index contributed by atoms with van der Waals surface area (Å²) in [7, 11) is 0. The highest BCUT2D eigenvalue weighted by Gasteiger charge is 2.38. The van der Waals surface area contributed by atoms with Crippen LogP contribution in [0.5, 0.6) is 0 Å². The molecule has 9 nitrogen and oxygen atoms in total. The summed E-state index contributed by atoms with van der Waals surface area (Å²) in [6.07, 6.45) is 5.84. The van der Waals surface area contributed by atoms with E-state index in [0.717, 1.165) is 83.8 Å². The second-order valence-electron chi connectivity index (χ2n) is 11.3. The van der Waals surface area contributed by atoms with Crippen molar-refractivity contribution < 1.29 is 9.53 Å². The van der Waals surface area contributed by atoms with Crippen molar-refractivity contribution in [2.75, 3.05) is 45.1 Å². The van der Waals surface area contributed by atoms with Crippen LogP contribution in [-0.4, -0.2) is 80.5 Å². The molecule has 3 aromatic heterocycles. The molecule has 0 spiro atoms. The lowest BCUT2D eigenvalue weighted by atomic mass is 9.78. The Kier molecular flexibility index (Phi) is 7.05. The van der Waals surface area contributed by atoms with E-state index in [2.05, 4.69) is 61.6 Å². The summed E-state index contributed by atoms with van der Waals surface area (Å²) in [5.74, 6) is 1.73. The highest BCUT2D eigenvalue weighted by molar-refractivity contribution is 5.91. The summed E-state index contributed by atoms with van der Waals surface area (Å²) < 4.78 is 7.25. The lowest BCUT2D eigenvalue weighted by molar-refractivity contribution is -0.145. The average Bonchev–Trinajstić information content (AvgIpc) is 3.38. The molecule has 2 fully saturated rings. The van der Waals surface area contributed by atoms with Gasteiger partial charge in [0.25, 0.3) is 0 Å². The average molecular weight is 562 g/mol. The Morgan fingerprint density at radius 3 is 2.55 bits per heavy atom. The maximum Gasteiger partial charge on any atom is 0.320 e. The van der Waals surface area contributed by atoms with Crippen molar-refractivity contribution in [1.29, 1.82) is 0 Å². The van der Waals surface area contributed by atoms with Crippen LogP contribution >= 0.6 is 0 Å². The number of benzene rings is 2. The number of hydrogen-bond donors (Lipinski definition) is 1. The fourth-order valence-electron chi connectivity index (χ4n) is 6.38. The Labute approximate surface area is 245 Å². The number of carbonyl (C=O) groups is 1. The van der Waals surface area contributed by atoms with E-state index < -0.39 is 0 Å². The minimum atomic E-state index is -0.135. The van der Waals surface area contributed by atoms with Gasteiger partial charge in [-0.05, 0) is 31.9 Å². The highest BCUT2D eigenvalue weighted by Crippen LogP contribution is 2.42. The van der Waals surface area contributed by atoms with Gasteiger partial charge in [-0.25, -0.2) is 15.0 Å². The van der Waals surface area contributed by atoms with Crippen molar-refractivity contribution in [2.24, 2.45) is 0 Å². The number of esters is 1. The van der Waals surface area contributed by atoms with Gasteiger partial charge in [0.15, 0.2) is 0 Å². The number of hydrogen-bond acceptors (Lipinski definition) is 8. The number of aromatic nitrogens is 4. The molecule has 2 aromatic carbocycles. The lowest BCUT2D eigenvalue weighted by Crippen LogP contribution is -2.54. The second-order valence-corrected chi connectivity index (χ2v) is 11.3. The summed E-state index contributed by atoms with van der Waals surface area (Å²) in [5.41, 5.74) is 12.1. The van der Waals surface area contributed by atoms with Crippen LogP contribution in [0, 0.1) is 0 Å². The van der Waals surface area contributed by atoms with E-state index in [1.54, 1.807) is 6.20 Å². The van der Waals surface area contributed by atoms with Crippen molar-refractivity contribution >= 4 is 28.2 Å². The van der Waals surface area contributed by atoms with Gasteiger partial charge >= 0.3 is 5.97 Å². The first-order valence-corrected chi connectivity index (χ1v) is 14.8. The van der Waals surface area contributed by atoms with Crippen LogP contribution in [0.15, 0.2) is 73.1 Å². The molecule has 2 aliphatic rings. The van der Waals surface area contributed by atoms with Crippen LogP contribution in [0.25, 0.3) is 38.9 Å². The number of rotatable bonds is 7. The zero-order chi connectivity index (χ0) is 28.6. The largest absolute Gasteiger partial charge is 0.465 e. The predicted molar refractivity (Wildman–Crippen MR) is 164 cm³/mol. The molecular formula is C33H35N7O2. The minimum absolute atomic E-state index is 0.135. The van der Waals surface area contributed by atoms with Crippen LogP contribution < -0.4 is 5.73 Å². The molecule has 1 aliphatic carbocycles. The summed E-state index contributed by atoms with van der Waals surface area (Å²) in [4.78, 5) is 31.2. The number of piperazine rings is 1. The molecule has 7 rings (SSSR count). The normalized spacial score (nSPS) is 19.6. The third kappa shape index (κ3) is 4.99. The number of nitrogens with zero attached hydrogens (tertiary/aromatic N) is 6. The molecule has 0 amide bonds. The van der Waals surface area contributed by atoms with Gasteiger partial charge in [-0.15, -0.1) is 0 Å². The molecule has 9 heteroatoms. The maximum absolute atomic E-state index is 11.9. The topological polar surface area (TPSA) is 102 Å². The van der Waals surface area contributed by atoms with Gasteiger partial charge in [-0.3, -0.25) is 19.0 Å². The Hall–Kier alpha value is -4.34. The number of pyridine rings is 1. The van der Waals surface area contributed by atoms with Crippen LogP contribution in [0.2, 0.25) is 0 Å². The van der Waals surface area contributed by atoms with E-state index in [1.165, 1.54) is 0 Å². The molecule has 1 saturated heterocycles. The molecule has 214 valence electrons. The number of fused-ring (bicyclic) bond motifs is 2. The van der Waals surface area contributed by atoms with E-state index in [0.29, 0.717) is 30.9 Å². The molecule has 0 bridgehead atoms. The molecule has 5 aromatic rings. The number of ether oxygens (including phenoxy) is 1. The summed E-state index contributed by atoms with van der Waals surface area (Å²) in [6.45, 7) is 6.38. The van der Waals surface area contributed by atoms with E-state index in [1.807, 2.05) is 31.3 Å². The number of nitrogens with two attached hydrogens (primary N) is 1. The molecule has 0 unspecified atom stereocenters. The van der Waals surface area contributed by atoms with E-state index >= 15 is 0 Å². The molecule has 2 N–H and O–H groups in total. The van der Waals surface area contributed by atoms with Crippen molar-refractivity contribution in [2.45, 2.75) is 31.7 Å². The monoisotopic (exact) mass is 561 g/mol. The summed E-state index contributed by atoms with van der Waals surface area (Å²) in [6, 6.07) is 21.3. The zero-order valence-electron chi connectivity index (χ0n) is 23.8. The smallest absolute Gasteiger partial charge is 0.320 e. The Balaban J connectivity index is 1.12. The van der Waals surface area contributed by atoms with Crippen LogP contribution in [0.3, 0.4) is 0 Å².